The number of hydrogen-bond acceptors (Lipinski definition) is 7. The molecule has 30 heavy (non-hydrogen) atoms. The average Bonchev–Trinajstić information content (AvgIpc) is 2.65. The Morgan fingerprint density at radius 3 is 1.87 bits per heavy atom. The summed E-state index contributed by atoms with van der Waals surface area (Å²) in [5.41, 5.74) is 15.9. The van der Waals surface area contributed by atoms with Gasteiger partial charge in [-0.05, 0) is 47.0 Å². The van der Waals surface area contributed by atoms with E-state index in [0.717, 1.165) is 42.5 Å². The van der Waals surface area contributed by atoms with Gasteiger partial charge in [0.2, 0.25) is 0 Å². The Labute approximate surface area is 169 Å². The molecule has 154 valence electrons. The second kappa shape index (κ2) is 8.75. The van der Waals surface area contributed by atoms with Crippen LogP contribution in [0.5, 0.6) is 0 Å². The predicted molar refractivity (Wildman–Crippen MR) is 103 cm³/mol. The maximum absolute atomic E-state index is 12.4. The Kier molecular flexibility index (Phi) is 6.59. The van der Waals surface area contributed by atoms with Crippen molar-refractivity contribution in [2.75, 3.05) is 0 Å². The molecule has 13 nitrogen and oxygen atoms in total. The molecule has 0 atom stereocenters. The largest absolute Gasteiger partial charge is 0.295 e. The number of hydrogen-bond donors (Lipinski definition) is 2. The van der Waals surface area contributed by atoms with Crippen molar-refractivity contribution in [3.8, 4) is 0 Å². The normalized spacial score (nSPS) is 11.5. The van der Waals surface area contributed by atoms with Gasteiger partial charge in [0.15, 0.2) is 5.78 Å². The minimum absolute atomic E-state index is 0.115. The van der Waals surface area contributed by atoms with Crippen LogP contribution in [0.25, 0.3) is 27.0 Å². The number of benzene rings is 2. The maximum Gasteiger partial charge on any atom is 0.295 e. The van der Waals surface area contributed by atoms with Gasteiger partial charge in [0.25, 0.3) is 20.2 Å². The summed E-state index contributed by atoms with van der Waals surface area (Å²) in [7, 11) is -9.62. The smallest absolute Gasteiger partial charge is 0.289 e. The molecule has 0 bridgehead atoms. The van der Waals surface area contributed by atoms with E-state index in [-0.39, 0.29) is 16.9 Å². The van der Waals surface area contributed by atoms with Crippen LogP contribution >= 0.6 is 0 Å². The number of nitrogens with zero attached hydrogens (tertiary/aromatic N) is 6. The summed E-state index contributed by atoms with van der Waals surface area (Å²) in [5, 5.41) is 6.40. The van der Waals surface area contributed by atoms with Crippen molar-refractivity contribution in [2.45, 2.75) is 9.79 Å². The van der Waals surface area contributed by atoms with Gasteiger partial charge in [-0.25, -0.2) is 0 Å². The van der Waals surface area contributed by atoms with Gasteiger partial charge in [0, 0.05) is 26.8 Å². The second-order valence-electron chi connectivity index (χ2n) is 5.43. The van der Waals surface area contributed by atoms with Crippen LogP contribution in [0.15, 0.2) is 62.5 Å². The molecule has 2 aromatic rings. The molecule has 15 heteroatoms. The zero-order chi connectivity index (χ0) is 22.5. The van der Waals surface area contributed by atoms with E-state index in [0.29, 0.717) is 0 Å². The van der Waals surface area contributed by atoms with E-state index in [2.05, 4.69) is 20.1 Å². The van der Waals surface area contributed by atoms with Crippen LogP contribution in [0.2, 0.25) is 0 Å². The summed E-state index contributed by atoms with van der Waals surface area (Å²) >= 11 is 0. The van der Waals surface area contributed by atoms with Gasteiger partial charge >= 0.3 is 0 Å². The van der Waals surface area contributed by atoms with Gasteiger partial charge in [-0.1, -0.05) is 28.4 Å². The second-order valence-corrected chi connectivity index (χ2v) is 8.21. The fourth-order valence-electron chi connectivity index (χ4n) is 2.30. The molecule has 0 aliphatic heterocycles. The Morgan fingerprint density at radius 1 is 0.867 bits per heavy atom. The molecular formula is C15H10N6O7S2. The SMILES string of the molecule is [N-]=[N+]=Nc1ccc(C=CC(=O)c2ccc(N=[N+]=[N-])cc2S(=O)(=O)O)c(S(=O)(=O)O)c1. The molecular weight excluding hydrogens is 440 g/mol. The minimum Gasteiger partial charge on any atom is -0.289 e. The van der Waals surface area contributed by atoms with Crippen molar-refractivity contribution in [1.82, 2.24) is 0 Å². The molecule has 0 aliphatic carbocycles. The molecule has 0 spiro atoms. The molecule has 2 rings (SSSR count). The van der Waals surface area contributed by atoms with Crippen molar-refractivity contribution in [1.29, 1.82) is 0 Å². The fourth-order valence-corrected chi connectivity index (χ4v) is 3.71. The molecule has 2 aromatic carbocycles. The van der Waals surface area contributed by atoms with Crippen LogP contribution in [0.3, 0.4) is 0 Å². The van der Waals surface area contributed by atoms with Gasteiger partial charge in [-0.15, -0.1) is 0 Å². The van der Waals surface area contributed by atoms with Gasteiger partial charge in [-0.3, -0.25) is 13.9 Å². The van der Waals surface area contributed by atoms with Gasteiger partial charge in [0.1, 0.15) is 9.79 Å². The zero-order valence-electron chi connectivity index (χ0n) is 14.6. The molecule has 0 aromatic heterocycles. The number of carbonyl (C=O) groups excluding carboxylic acids is 1. The summed E-state index contributed by atoms with van der Waals surface area (Å²) in [4.78, 5) is 15.9. The molecule has 0 heterocycles. The summed E-state index contributed by atoms with van der Waals surface area (Å²) in [6.45, 7) is 0. The molecule has 0 radical (unpaired) electrons. The maximum atomic E-state index is 12.4. The number of carbonyl (C=O) groups is 1. The highest BCUT2D eigenvalue weighted by Crippen LogP contribution is 2.26. The topological polar surface area (TPSA) is 223 Å². The Morgan fingerprint density at radius 2 is 1.37 bits per heavy atom. The van der Waals surface area contributed by atoms with E-state index in [1.165, 1.54) is 6.07 Å². The molecule has 0 unspecified atom stereocenters. The van der Waals surface area contributed by atoms with Crippen molar-refractivity contribution in [3.05, 3.63) is 74.5 Å². The highest BCUT2D eigenvalue weighted by Gasteiger charge is 2.20. The van der Waals surface area contributed by atoms with Crippen molar-refractivity contribution >= 4 is 43.5 Å². The van der Waals surface area contributed by atoms with Crippen LogP contribution in [0.1, 0.15) is 15.9 Å². The van der Waals surface area contributed by atoms with E-state index in [4.69, 9.17) is 11.1 Å². The zero-order valence-corrected chi connectivity index (χ0v) is 16.2. The van der Waals surface area contributed by atoms with Gasteiger partial charge < -0.3 is 0 Å². The molecule has 2 N–H and O–H groups in total. The van der Waals surface area contributed by atoms with E-state index < -0.39 is 41.4 Å². The summed E-state index contributed by atoms with van der Waals surface area (Å²) in [5.74, 6) is -0.949. The van der Waals surface area contributed by atoms with E-state index in [1.54, 1.807) is 0 Å². The molecule has 0 aliphatic rings. The Hall–Kier alpha value is -3.71. The monoisotopic (exact) mass is 450 g/mol. The lowest BCUT2D eigenvalue weighted by atomic mass is 10.1. The number of allylic oxidation sites excluding steroid dienone is 1. The molecule has 0 saturated heterocycles. The quantitative estimate of drug-likeness (QED) is 0.157. The third kappa shape index (κ3) is 5.42. The van der Waals surface area contributed by atoms with E-state index >= 15 is 0 Å². The number of azide groups is 2. The first-order valence-corrected chi connectivity index (χ1v) is 10.4. The lowest BCUT2D eigenvalue weighted by molar-refractivity contribution is 0.104. The van der Waals surface area contributed by atoms with Crippen LogP contribution in [-0.4, -0.2) is 31.7 Å². The number of rotatable bonds is 7. The lowest BCUT2D eigenvalue weighted by Crippen LogP contribution is -2.07. The summed E-state index contributed by atoms with van der Waals surface area (Å²) in [6, 6.07) is 6.15. The first kappa shape index (κ1) is 22.6. The van der Waals surface area contributed by atoms with Crippen LogP contribution < -0.4 is 0 Å². The first-order valence-electron chi connectivity index (χ1n) is 7.53. The van der Waals surface area contributed by atoms with Crippen LogP contribution in [0.4, 0.5) is 11.4 Å². The summed E-state index contributed by atoms with van der Waals surface area (Å²) in [6.07, 6.45) is 1.77. The van der Waals surface area contributed by atoms with Crippen molar-refractivity contribution < 1.29 is 30.7 Å². The van der Waals surface area contributed by atoms with Gasteiger partial charge in [0.05, 0.1) is 0 Å². The average molecular weight is 450 g/mol. The summed E-state index contributed by atoms with van der Waals surface area (Å²) < 4.78 is 64.9. The molecule has 0 fully saturated rings. The molecule has 0 amide bonds. The molecule has 0 saturated carbocycles. The standard InChI is InChI=1S/C15H10N6O7S2/c16-20-18-10-3-1-9(14(7-10)29(23,24)25)2-6-13(22)12-5-4-11(19-21-17)8-15(12)30(26,27)28/h1-8H,(H,23,24,25)(H,26,27,28). The number of ketones is 1. The lowest BCUT2D eigenvalue weighted by Gasteiger charge is -2.06. The van der Waals surface area contributed by atoms with Crippen molar-refractivity contribution in [2.24, 2.45) is 10.2 Å². The Balaban J connectivity index is 2.56. The highest BCUT2D eigenvalue weighted by molar-refractivity contribution is 7.86. The van der Waals surface area contributed by atoms with Crippen molar-refractivity contribution in [3.63, 3.8) is 0 Å². The first-order chi connectivity index (χ1) is 14.0. The van der Waals surface area contributed by atoms with Gasteiger partial charge in [-0.2, -0.15) is 16.8 Å². The van der Waals surface area contributed by atoms with Crippen LogP contribution in [0, 0.1) is 0 Å². The third-order valence-corrected chi connectivity index (χ3v) is 5.32. The Bertz CT molecular complexity index is 1370. The van der Waals surface area contributed by atoms with Crippen LogP contribution in [-0.2, 0) is 20.2 Å². The predicted octanol–water partition coefficient (Wildman–Crippen LogP) is 3.96. The van der Waals surface area contributed by atoms with E-state index in [1.807, 2.05) is 0 Å². The minimum atomic E-state index is -4.87. The van der Waals surface area contributed by atoms with E-state index in [9.17, 15) is 30.7 Å². The highest BCUT2D eigenvalue weighted by atomic mass is 32.2. The fraction of sp³-hybridized carbons (Fsp3) is 0. The third-order valence-electron chi connectivity index (χ3n) is 3.52.